The number of carbonyl (C=O) groups excluding carboxylic acids is 1. The summed E-state index contributed by atoms with van der Waals surface area (Å²) in [4.78, 5) is 14.0. The standard InChI is InChI=1S/C11H11F3N2O7S2/c1-7(2)10(17)22-8-4-9(6-15-5-8)24(18,19)16(3)23-25(20,21)11(12,13)14/h4-6H,1H2,2-3H3. The minimum absolute atomic E-state index is 0.00928. The number of aromatic nitrogens is 1. The maximum atomic E-state index is 12.3. The van der Waals surface area contributed by atoms with E-state index in [0.29, 0.717) is 13.2 Å². The Kier molecular flexibility index (Phi) is 5.94. The molecule has 0 aliphatic carbocycles. The number of hydrogen-bond donors (Lipinski definition) is 0. The number of ether oxygens (including phenoxy) is 1. The van der Waals surface area contributed by atoms with E-state index in [4.69, 9.17) is 4.74 Å². The molecule has 0 radical (unpaired) electrons. The predicted molar refractivity (Wildman–Crippen MR) is 75.7 cm³/mol. The maximum absolute atomic E-state index is 12.3. The third kappa shape index (κ3) is 4.97. The van der Waals surface area contributed by atoms with Gasteiger partial charge >= 0.3 is 21.6 Å². The van der Waals surface area contributed by atoms with Crippen LogP contribution in [0.2, 0.25) is 0 Å². The first-order valence-electron chi connectivity index (χ1n) is 6.01. The molecule has 0 fully saturated rings. The van der Waals surface area contributed by atoms with Crippen LogP contribution in [0.15, 0.2) is 35.5 Å². The minimum atomic E-state index is -6.20. The van der Waals surface area contributed by atoms with Gasteiger partial charge in [0, 0.05) is 24.9 Å². The first-order valence-corrected chi connectivity index (χ1v) is 8.86. The molecule has 0 unspecified atom stereocenters. The van der Waals surface area contributed by atoms with Crippen molar-refractivity contribution in [3.05, 3.63) is 30.6 Å². The monoisotopic (exact) mass is 404 g/mol. The van der Waals surface area contributed by atoms with Crippen LogP contribution < -0.4 is 4.74 Å². The normalized spacial score (nSPS) is 12.9. The molecule has 0 saturated heterocycles. The number of sulfonamides is 1. The maximum Gasteiger partial charge on any atom is 0.524 e. The highest BCUT2D eigenvalue weighted by atomic mass is 32.2. The average Bonchev–Trinajstić information content (AvgIpc) is 2.45. The van der Waals surface area contributed by atoms with E-state index in [-0.39, 0.29) is 11.3 Å². The number of hydrogen-bond acceptors (Lipinski definition) is 8. The summed E-state index contributed by atoms with van der Waals surface area (Å²) in [6, 6.07) is 0.739. The molecule has 14 heteroatoms. The Hall–Kier alpha value is -2.03. The van der Waals surface area contributed by atoms with Crippen LogP contribution in [0.25, 0.3) is 0 Å². The van der Waals surface area contributed by atoms with Gasteiger partial charge < -0.3 is 4.74 Å². The lowest BCUT2D eigenvalue weighted by molar-refractivity contribution is -0.130. The van der Waals surface area contributed by atoms with Crippen LogP contribution in [0.5, 0.6) is 5.75 Å². The van der Waals surface area contributed by atoms with E-state index >= 15 is 0 Å². The summed E-state index contributed by atoms with van der Waals surface area (Å²) in [6.45, 7) is 4.62. The van der Waals surface area contributed by atoms with Gasteiger partial charge in [-0.2, -0.15) is 25.9 Å². The molecular formula is C11H11F3N2O7S2. The van der Waals surface area contributed by atoms with Gasteiger partial charge in [0.15, 0.2) is 5.75 Å². The van der Waals surface area contributed by atoms with Crippen molar-refractivity contribution in [2.24, 2.45) is 0 Å². The summed E-state index contributed by atoms with van der Waals surface area (Å²) in [5.74, 6) is -1.26. The molecular weight excluding hydrogens is 393 g/mol. The van der Waals surface area contributed by atoms with E-state index < -0.39 is 41.0 Å². The van der Waals surface area contributed by atoms with E-state index in [9.17, 15) is 34.8 Å². The van der Waals surface area contributed by atoms with Gasteiger partial charge in [-0.3, -0.25) is 4.98 Å². The zero-order chi connectivity index (χ0) is 19.6. The van der Waals surface area contributed by atoms with Gasteiger partial charge in [-0.1, -0.05) is 11.0 Å². The second-order valence-electron chi connectivity index (χ2n) is 4.42. The van der Waals surface area contributed by atoms with Crippen LogP contribution in [0.1, 0.15) is 6.92 Å². The van der Waals surface area contributed by atoms with E-state index in [0.717, 1.165) is 12.3 Å². The Bertz CT molecular complexity index is 894. The predicted octanol–water partition coefficient (Wildman–Crippen LogP) is 0.965. The molecule has 25 heavy (non-hydrogen) atoms. The van der Waals surface area contributed by atoms with Gasteiger partial charge in [0.25, 0.3) is 10.0 Å². The molecule has 0 saturated carbocycles. The van der Waals surface area contributed by atoms with E-state index in [1.807, 2.05) is 0 Å². The number of alkyl halides is 3. The molecule has 0 bridgehead atoms. The largest absolute Gasteiger partial charge is 0.524 e. The fraction of sp³-hybridized carbons (Fsp3) is 0.273. The number of pyridine rings is 1. The summed E-state index contributed by atoms with van der Waals surface area (Å²) in [7, 11) is -10.6. The lowest BCUT2D eigenvalue weighted by atomic mass is 10.3. The van der Waals surface area contributed by atoms with Gasteiger partial charge in [0.1, 0.15) is 4.90 Å². The third-order valence-corrected chi connectivity index (χ3v) is 5.02. The Morgan fingerprint density at radius 3 is 2.28 bits per heavy atom. The van der Waals surface area contributed by atoms with Crippen LogP contribution in [-0.2, 0) is 29.2 Å². The van der Waals surface area contributed by atoms with Crippen LogP contribution in [0.3, 0.4) is 0 Å². The molecule has 0 N–H and O–H groups in total. The molecule has 1 aromatic rings. The van der Waals surface area contributed by atoms with Crippen LogP contribution in [0.4, 0.5) is 13.2 Å². The highest BCUT2D eigenvalue weighted by molar-refractivity contribution is 7.91. The quantitative estimate of drug-likeness (QED) is 0.298. The number of halogens is 3. The van der Waals surface area contributed by atoms with Crippen molar-refractivity contribution >= 4 is 26.1 Å². The zero-order valence-electron chi connectivity index (χ0n) is 12.6. The first-order chi connectivity index (χ1) is 11.2. The Morgan fingerprint density at radius 2 is 1.80 bits per heavy atom. The van der Waals surface area contributed by atoms with Gasteiger partial charge in [0.2, 0.25) is 0 Å². The first kappa shape index (κ1) is 21.0. The fourth-order valence-corrected chi connectivity index (χ4v) is 2.84. The van der Waals surface area contributed by atoms with E-state index in [2.05, 4.69) is 15.8 Å². The summed E-state index contributed by atoms with van der Waals surface area (Å²) in [5, 5.41) is 0. The van der Waals surface area contributed by atoms with Crippen molar-refractivity contribution in [1.82, 2.24) is 9.45 Å². The molecule has 0 aromatic carbocycles. The molecule has 0 atom stereocenters. The molecule has 1 aromatic heterocycles. The Morgan fingerprint density at radius 1 is 1.24 bits per heavy atom. The van der Waals surface area contributed by atoms with Crippen LogP contribution in [-0.4, -0.2) is 44.8 Å². The lowest BCUT2D eigenvalue weighted by Gasteiger charge is -2.17. The van der Waals surface area contributed by atoms with Crippen molar-refractivity contribution in [2.45, 2.75) is 17.3 Å². The molecule has 1 rings (SSSR count). The number of nitrogens with zero attached hydrogens (tertiary/aromatic N) is 2. The van der Waals surface area contributed by atoms with Gasteiger partial charge in [0.05, 0.1) is 6.20 Å². The summed E-state index contributed by atoms with van der Waals surface area (Å²) >= 11 is 0. The smallest absolute Gasteiger partial charge is 0.421 e. The molecule has 0 amide bonds. The third-order valence-electron chi connectivity index (χ3n) is 2.37. The molecule has 0 aliphatic heterocycles. The van der Waals surface area contributed by atoms with Crippen molar-refractivity contribution in [3.63, 3.8) is 0 Å². The van der Waals surface area contributed by atoms with Crippen molar-refractivity contribution in [2.75, 3.05) is 7.05 Å². The van der Waals surface area contributed by atoms with Crippen molar-refractivity contribution in [1.29, 1.82) is 0 Å². The molecule has 0 spiro atoms. The number of esters is 1. The number of rotatable bonds is 6. The van der Waals surface area contributed by atoms with Crippen LogP contribution in [0, 0.1) is 0 Å². The molecule has 1 heterocycles. The fourth-order valence-electron chi connectivity index (χ4n) is 1.16. The summed E-state index contributed by atoms with van der Waals surface area (Å²) in [6.07, 6.45) is 1.64. The second-order valence-corrected chi connectivity index (χ2v) is 7.87. The average molecular weight is 404 g/mol. The molecule has 0 aliphatic rings. The van der Waals surface area contributed by atoms with E-state index in [1.54, 1.807) is 0 Å². The Labute approximate surface area is 140 Å². The zero-order valence-corrected chi connectivity index (χ0v) is 14.3. The highest BCUT2D eigenvalue weighted by Crippen LogP contribution is 2.27. The topological polar surface area (TPSA) is 120 Å². The number of hydroxylamine groups is 1. The highest BCUT2D eigenvalue weighted by Gasteiger charge is 2.50. The number of carbonyl (C=O) groups is 1. The Balaban J connectivity index is 3.14. The molecule has 140 valence electrons. The molecule has 9 nitrogen and oxygen atoms in total. The summed E-state index contributed by atoms with van der Waals surface area (Å²) < 4.78 is 90.4. The van der Waals surface area contributed by atoms with Gasteiger partial charge in [-0.15, -0.1) is 0 Å². The second kappa shape index (κ2) is 7.07. The van der Waals surface area contributed by atoms with Gasteiger partial charge in [-0.05, 0) is 6.92 Å². The summed E-state index contributed by atoms with van der Waals surface area (Å²) in [5.41, 5.74) is -5.83. The van der Waals surface area contributed by atoms with Crippen molar-refractivity contribution in [3.8, 4) is 5.75 Å². The van der Waals surface area contributed by atoms with Crippen LogP contribution >= 0.6 is 0 Å². The SMILES string of the molecule is C=C(C)C(=O)Oc1cncc(S(=O)(=O)N(C)OS(=O)(=O)C(F)(F)F)c1. The van der Waals surface area contributed by atoms with Crippen molar-refractivity contribution < 1.29 is 43.8 Å². The van der Waals surface area contributed by atoms with Gasteiger partial charge in [-0.25, -0.2) is 13.2 Å². The minimum Gasteiger partial charge on any atom is -0.421 e. The lowest BCUT2D eigenvalue weighted by Crippen LogP contribution is -2.36. The van der Waals surface area contributed by atoms with E-state index in [1.165, 1.54) is 6.92 Å².